The van der Waals surface area contributed by atoms with Gasteiger partial charge in [0.2, 0.25) is 0 Å². The van der Waals surface area contributed by atoms with E-state index in [1.165, 1.54) is 5.56 Å². The summed E-state index contributed by atoms with van der Waals surface area (Å²) in [7, 11) is 0. The third kappa shape index (κ3) is 2.83. The molecule has 2 saturated heterocycles. The Balaban J connectivity index is 1.66. The summed E-state index contributed by atoms with van der Waals surface area (Å²) in [5, 5.41) is 9.37. The van der Waals surface area contributed by atoms with Gasteiger partial charge in [0.1, 0.15) is 5.60 Å². The molecule has 0 aromatic heterocycles. The van der Waals surface area contributed by atoms with Crippen molar-refractivity contribution in [3.8, 4) is 0 Å². The highest BCUT2D eigenvalue weighted by Gasteiger charge is 2.65. The largest absolute Gasteiger partial charge is 0.396 e. The van der Waals surface area contributed by atoms with Crippen LogP contribution in [0.5, 0.6) is 0 Å². The minimum atomic E-state index is -0.737. The Morgan fingerprint density at radius 2 is 1.85 bits per heavy atom. The van der Waals surface area contributed by atoms with Gasteiger partial charge in [-0.3, -0.25) is 4.79 Å². The molecule has 0 radical (unpaired) electrons. The second-order valence-corrected chi connectivity index (χ2v) is 8.12. The van der Waals surface area contributed by atoms with E-state index in [9.17, 15) is 9.90 Å². The molecular formula is C22H30O4. The van der Waals surface area contributed by atoms with E-state index < -0.39 is 11.2 Å². The number of hydrogen-bond acceptors (Lipinski definition) is 4. The maximum absolute atomic E-state index is 13.8. The van der Waals surface area contributed by atoms with E-state index in [1.807, 2.05) is 18.2 Å². The molecule has 4 rings (SSSR count). The molecule has 3 aliphatic rings. The summed E-state index contributed by atoms with van der Waals surface area (Å²) in [5.74, 6) is 0.363. The number of carbonyl (C=O) groups is 1. The summed E-state index contributed by atoms with van der Waals surface area (Å²) in [4.78, 5) is 13.8. The molecule has 1 saturated carbocycles. The Morgan fingerprint density at radius 3 is 2.50 bits per heavy atom. The molecular weight excluding hydrogens is 328 g/mol. The van der Waals surface area contributed by atoms with Crippen molar-refractivity contribution >= 4 is 5.78 Å². The van der Waals surface area contributed by atoms with E-state index in [0.29, 0.717) is 6.61 Å². The van der Waals surface area contributed by atoms with Crippen LogP contribution < -0.4 is 0 Å². The third-order valence-corrected chi connectivity index (χ3v) is 6.84. The number of aliphatic hydroxyl groups excluding tert-OH is 1. The summed E-state index contributed by atoms with van der Waals surface area (Å²) in [5.41, 5.74) is 0.0734. The van der Waals surface area contributed by atoms with Crippen molar-refractivity contribution in [2.24, 2.45) is 5.92 Å². The molecule has 26 heavy (non-hydrogen) atoms. The highest BCUT2D eigenvalue weighted by atomic mass is 16.6. The van der Waals surface area contributed by atoms with Gasteiger partial charge in [-0.25, -0.2) is 0 Å². The van der Waals surface area contributed by atoms with E-state index in [4.69, 9.17) is 9.47 Å². The molecule has 0 amide bonds. The average molecular weight is 358 g/mol. The Kier molecular flexibility index (Phi) is 5.18. The lowest BCUT2D eigenvalue weighted by molar-refractivity contribution is -0.199. The minimum Gasteiger partial charge on any atom is -0.396 e. The molecule has 4 nitrogen and oxygen atoms in total. The fourth-order valence-electron chi connectivity index (χ4n) is 5.65. The number of hydrogen-bond donors (Lipinski definition) is 1. The molecule has 1 aliphatic carbocycles. The lowest BCUT2D eigenvalue weighted by atomic mass is 9.60. The molecule has 3 fully saturated rings. The lowest BCUT2D eigenvalue weighted by Crippen LogP contribution is -2.64. The summed E-state index contributed by atoms with van der Waals surface area (Å²) in [6.45, 7) is 1.57. The fraction of sp³-hybridized carbons (Fsp3) is 0.682. The molecule has 142 valence electrons. The van der Waals surface area contributed by atoms with Gasteiger partial charge in [-0.1, -0.05) is 30.3 Å². The van der Waals surface area contributed by atoms with Crippen LogP contribution in [0.4, 0.5) is 0 Å². The molecule has 1 aromatic rings. The number of ether oxygens (including phenoxy) is 2. The topological polar surface area (TPSA) is 55.8 Å². The normalized spacial score (nSPS) is 35.4. The number of aliphatic hydroxyl groups is 1. The Hall–Kier alpha value is -1.23. The number of Topliss-reactive ketones (excluding diaryl/α,β-unsaturated/α-hetero) is 1. The van der Waals surface area contributed by atoms with Crippen LogP contribution >= 0.6 is 0 Å². The molecule has 4 atom stereocenters. The first-order valence-electron chi connectivity index (χ1n) is 10.2. The van der Waals surface area contributed by atoms with Gasteiger partial charge >= 0.3 is 0 Å². The zero-order chi connectivity index (χ0) is 18.0. The summed E-state index contributed by atoms with van der Waals surface area (Å²) >= 11 is 0. The van der Waals surface area contributed by atoms with Gasteiger partial charge in [0, 0.05) is 25.7 Å². The van der Waals surface area contributed by atoms with Gasteiger partial charge in [0.25, 0.3) is 0 Å². The molecule has 2 spiro atoms. The van der Waals surface area contributed by atoms with Gasteiger partial charge in [0.05, 0.1) is 0 Å². The van der Waals surface area contributed by atoms with Crippen LogP contribution in [0.3, 0.4) is 0 Å². The van der Waals surface area contributed by atoms with E-state index in [1.54, 1.807) is 0 Å². The van der Waals surface area contributed by atoms with Crippen molar-refractivity contribution in [2.75, 3.05) is 19.8 Å². The maximum Gasteiger partial charge on any atom is 0.171 e. The van der Waals surface area contributed by atoms with Crippen LogP contribution in [-0.4, -0.2) is 41.9 Å². The standard InChI is InChI=1S/C22H30O4/c23-14-4-9-18(17-7-2-1-3-8-17)19-10-13-21(11-5-15-25-21)22(20(19)24)12-6-16-26-22/h1-3,7-8,18-19,23H,4-6,9-16H2/t18?,19?,21-,22+/m0/s1. The van der Waals surface area contributed by atoms with Gasteiger partial charge in [-0.05, 0) is 62.8 Å². The second-order valence-electron chi connectivity index (χ2n) is 8.12. The van der Waals surface area contributed by atoms with Crippen LogP contribution in [0, 0.1) is 5.92 Å². The van der Waals surface area contributed by atoms with Gasteiger partial charge in [0.15, 0.2) is 11.4 Å². The molecule has 4 heteroatoms. The van der Waals surface area contributed by atoms with Crippen molar-refractivity contribution in [3.05, 3.63) is 35.9 Å². The van der Waals surface area contributed by atoms with Crippen molar-refractivity contribution in [1.29, 1.82) is 0 Å². The Morgan fingerprint density at radius 1 is 1.08 bits per heavy atom. The molecule has 1 aromatic carbocycles. The van der Waals surface area contributed by atoms with Crippen molar-refractivity contribution in [2.45, 2.75) is 68.5 Å². The monoisotopic (exact) mass is 358 g/mol. The summed E-state index contributed by atoms with van der Waals surface area (Å²) < 4.78 is 12.4. The minimum absolute atomic E-state index is 0.0446. The number of ketones is 1. The fourth-order valence-corrected chi connectivity index (χ4v) is 5.65. The average Bonchev–Trinajstić information content (AvgIpc) is 3.34. The van der Waals surface area contributed by atoms with E-state index >= 15 is 0 Å². The molecule has 2 heterocycles. The van der Waals surface area contributed by atoms with Crippen LogP contribution in [0.1, 0.15) is 62.8 Å². The van der Waals surface area contributed by atoms with Gasteiger partial charge < -0.3 is 14.6 Å². The third-order valence-electron chi connectivity index (χ3n) is 6.84. The van der Waals surface area contributed by atoms with Crippen molar-refractivity contribution in [3.63, 3.8) is 0 Å². The quantitative estimate of drug-likeness (QED) is 0.873. The zero-order valence-corrected chi connectivity index (χ0v) is 15.5. The van der Waals surface area contributed by atoms with Gasteiger partial charge in [-0.15, -0.1) is 0 Å². The van der Waals surface area contributed by atoms with Crippen LogP contribution in [0.15, 0.2) is 30.3 Å². The number of carbonyl (C=O) groups excluding carboxylic acids is 1. The van der Waals surface area contributed by atoms with E-state index in [-0.39, 0.29) is 24.2 Å². The van der Waals surface area contributed by atoms with Crippen molar-refractivity contribution < 1.29 is 19.4 Å². The first-order chi connectivity index (χ1) is 12.7. The van der Waals surface area contributed by atoms with Crippen LogP contribution in [0.2, 0.25) is 0 Å². The zero-order valence-electron chi connectivity index (χ0n) is 15.5. The summed E-state index contributed by atoms with van der Waals surface area (Å²) in [6, 6.07) is 10.3. The van der Waals surface area contributed by atoms with Crippen LogP contribution in [-0.2, 0) is 14.3 Å². The first kappa shape index (κ1) is 18.1. The summed E-state index contributed by atoms with van der Waals surface area (Å²) in [6.07, 6.45) is 7.02. The highest BCUT2D eigenvalue weighted by molar-refractivity contribution is 5.93. The molecule has 0 bridgehead atoms. The number of rotatable bonds is 5. The molecule has 1 N–H and O–H groups in total. The SMILES string of the molecule is O=C1C(C(CCCO)c2ccccc2)CC[C@@]2(CCCO2)[C@@]12CCCO2. The first-order valence-corrected chi connectivity index (χ1v) is 10.2. The number of benzene rings is 1. The molecule has 2 unspecified atom stereocenters. The number of fused-ring (bicyclic) bond motifs is 1. The highest BCUT2D eigenvalue weighted by Crippen LogP contribution is 2.54. The van der Waals surface area contributed by atoms with E-state index in [2.05, 4.69) is 12.1 Å². The smallest absolute Gasteiger partial charge is 0.171 e. The van der Waals surface area contributed by atoms with Gasteiger partial charge in [-0.2, -0.15) is 0 Å². The van der Waals surface area contributed by atoms with Crippen molar-refractivity contribution in [1.82, 2.24) is 0 Å². The van der Waals surface area contributed by atoms with Crippen LogP contribution in [0.25, 0.3) is 0 Å². The lowest BCUT2D eigenvalue weighted by Gasteiger charge is -2.50. The molecule has 2 aliphatic heterocycles. The predicted octanol–water partition coefficient (Wildman–Crippen LogP) is 3.62. The van der Waals surface area contributed by atoms with E-state index in [0.717, 1.165) is 58.0 Å². The second kappa shape index (κ2) is 7.41. The Bertz CT molecular complexity index is 614. The Labute approximate surface area is 155 Å². The maximum atomic E-state index is 13.8. The predicted molar refractivity (Wildman–Crippen MR) is 99.1 cm³/mol.